The fourth-order valence-electron chi connectivity index (χ4n) is 5.65. The largest absolute Gasteiger partial charge is 0.418 e. The third kappa shape index (κ3) is 4.32. The fourth-order valence-corrected chi connectivity index (χ4v) is 5.65. The Kier molecular flexibility index (Phi) is 5.94. The monoisotopic (exact) mass is 521 g/mol. The Balaban J connectivity index is 1.33. The van der Waals surface area contributed by atoms with Crippen molar-refractivity contribution < 1.29 is 13.2 Å². The highest BCUT2D eigenvalue weighted by atomic mass is 19.4. The maximum Gasteiger partial charge on any atom is 0.418 e. The van der Waals surface area contributed by atoms with E-state index in [0.717, 1.165) is 42.0 Å². The molecule has 1 aromatic carbocycles. The molecule has 10 heteroatoms. The Morgan fingerprint density at radius 1 is 1.16 bits per heavy atom. The molecule has 7 nitrogen and oxygen atoms in total. The molecular formula is C28H30F3N7. The minimum absolute atomic E-state index is 0.0688. The van der Waals surface area contributed by atoms with Gasteiger partial charge in [-0.1, -0.05) is 31.7 Å². The molecule has 1 unspecified atom stereocenters. The van der Waals surface area contributed by atoms with Crippen molar-refractivity contribution in [1.82, 2.24) is 30.1 Å². The molecule has 0 radical (unpaired) electrons. The number of fused-ring (bicyclic) bond motifs is 1. The highest BCUT2D eigenvalue weighted by Gasteiger charge is 2.43. The lowest BCUT2D eigenvalue weighted by molar-refractivity contribution is -0.0909. The van der Waals surface area contributed by atoms with Crippen LogP contribution in [0.3, 0.4) is 0 Å². The van der Waals surface area contributed by atoms with Crippen LogP contribution in [0.1, 0.15) is 43.0 Å². The molecule has 2 aromatic rings. The number of aryl methyl sites for hydroxylation is 1. The average molecular weight is 522 g/mol. The first-order valence-electron chi connectivity index (χ1n) is 12.8. The van der Waals surface area contributed by atoms with Crippen molar-refractivity contribution in [2.75, 3.05) is 18.0 Å². The van der Waals surface area contributed by atoms with E-state index in [1.165, 1.54) is 18.7 Å². The number of hydrogen-bond acceptors (Lipinski definition) is 6. The Labute approximate surface area is 219 Å². The lowest BCUT2D eigenvalue weighted by Crippen LogP contribution is -2.34. The van der Waals surface area contributed by atoms with Gasteiger partial charge in [-0.25, -0.2) is 5.01 Å². The quantitative estimate of drug-likeness (QED) is 0.558. The van der Waals surface area contributed by atoms with E-state index in [1.54, 1.807) is 22.3 Å². The van der Waals surface area contributed by atoms with Crippen molar-refractivity contribution in [2.24, 2.45) is 13.0 Å². The van der Waals surface area contributed by atoms with E-state index in [1.807, 2.05) is 34.8 Å². The number of benzene rings is 1. The number of alkyl halides is 3. The van der Waals surface area contributed by atoms with Crippen molar-refractivity contribution in [3.05, 3.63) is 102 Å². The van der Waals surface area contributed by atoms with Crippen molar-refractivity contribution in [3.63, 3.8) is 0 Å². The van der Waals surface area contributed by atoms with Gasteiger partial charge in [0, 0.05) is 56.3 Å². The summed E-state index contributed by atoms with van der Waals surface area (Å²) in [5.74, 6) is 1.88. The van der Waals surface area contributed by atoms with Crippen LogP contribution in [0.2, 0.25) is 0 Å². The second-order valence-corrected chi connectivity index (χ2v) is 10.4. The lowest BCUT2D eigenvalue weighted by atomic mass is 9.72. The van der Waals surface area contributed by atoms with Gasteiger partial charge in [0.2, 0.25) is 0 Å². The second kappa shape index (κ2) is 9.20. The molecule has 1 aromatic heterocycles. The predicted octanol–water partition coefficient (Wildman–Crippen LogP) is 5.29. The predicted molar refractivity (Wildman–Crippen MR) is 139 cm³/mol. The Morgan fingerprint density at radius 2 is 1.97 bits per heavy atom. The molecule has 1 N–H and O–H groups in total. The summed E-state index contributed by atoms with van der Waals surface area (Å²) >= 11 is 0. The number of halogens is 3. The van der Waals surface area contributed by atoms with Crippen LogP contribution in [-0.4, -0.2) is 43.9 Å². The van der Waals surface area contributed by atoms with Gasteiger partial charge in [-0.2, -0.15) is 13.2 Å². The van der Waals surface area contributed by atoms with Crippen molar-refractivity contribution in [2.45, 2.75) is 37.8 Å². The summed E-state index contributed by atoms with van der Waals surface area (Å²) in [7, 11) is 1.94. The summed E-state index contributed by atoms with van der Waals surface area (Å²) in [5.41, 5.74) is 5.74. The molecule has 1 atom stereocenters. The summed E-state index contributed by atoms with van der Waals surface area (Å²) in [4.78, 5) is 3.28. The van der Waals surface area contributed by atoms with Gasteiger partial charge in [0.25, 0.3) is 0 Å². The number of anilines is 1. The van der Waals surface area contributed by atoms with Gasteiger partial charge in [0.1, 0.15) is 18.0 Å². The number of hydrazine groups is 1. The first kappa shape index (κ1) is 24.5. The fraction of sp³-hybridized carbons (Fsp3) is 0.357. The van der Waals surface area contributed by atoms with Gasteiger partial charge < -0.3 is 19.8 Å². The number of rotatable bonds is 6. The molecule has 1 saturated heterocycles. The van der Waals surface area contributed by atoms with Gasteiger partial charge in [-0.15, -0.1) is 10.2 Å². The lowest BCUT2D eigenvalue weighted by Gasteiger charge is -2.34. The molecule has 0 spiro atoms. The van der Waals surface area contributed by atoms with Crippen LogP contribution in [0, 0.1) is 5.92 Å². The average Bonchev–Trinajstić information content (AvgIpc) is 3.54. The number of aromatic nitrogens is 3. The van der Waals surface area contributed by atoms with E-state index >= 15 is 0 Å². The molecule has 1 saturated carbocycles. The van der Waals surface area contributed by atoms with E-state index in [4.69, 9.17) is 0 Å². The van der Waals surface area contributed by atoms with E-state index < -0.39 is 11.7 Å². The molecule has 3 aliphatic heterocycles. The maximum absolute atomic E-state index is 14.2. The van der Waals surface area contributed by atoms with E-state index in [9.17, 15) is 13.2 Å². The molecule has 38 heavy (non-hydrogen) atoms. The summed E-state index contributed by atoms with van der Waals surface area (Å²) in [6, 6.07) is 7.96. The van der Waals surface area contributed by atoms with Crippen LogP contribution in [0.15, 0.2) is 90.6 Å². The third-order valence-corrected chi connectivity index (χ3v) is 7.80. The normalized spacial score (nSPS) is 21.1. The molecule has 1 aliphatic carbocycles. The Bertz CT molecular complexity index is 1380. The summed E-state index contributed by atoms with van der Waals surface area (Å²) < 4.78 is 44.6. The summed E-state index contributed by atoms with van der Waals surface area (Å²) in [6.45, 7) is 9.11. The summed E-state index contributed by atoms with van der Waals surface area (Å²) in [5, 5.41) is 10.4. The molecule has 4 aliphatic rings. The second-order valence-electron chi connectivity index (χ2n) is 10.4. The van der Waals surface area contributed by atoms with E-state index in [2.05, 4.69) is 34.8 Å². The SMILES string of the molecule is C=C1CCN(CC2=CN3C(=C)N(c4cccc(C(c5nncn5C)C5CCC5)c4)C=C3C(C(F)(F)F)=C2)N1. The number of allylic oxidation sites excluding steroid dienone is 1. The van der Waals surface area contributed by atoms with Crippen molar-refractivity contribution in [1.29, 1.82) is 0 Å². The number of nitrogens with zero attached hydrogens (tertiary/aromatic N) is 6. The van der Waals surface area contributed by atoms with Crippen molar-refractivity contribution in [3.8, 4) is 0 Å². The Hall–Kier alpha value is -3.79. The molecule has 198 valence electrons. The van der Waals surface area contributed by atoms with Crippen LogP contribution < -0.4 is 10.3 Å². The Morgan fingerprint density at radius 3 is 2.61 bits per heavy atom. The maximum atomic E-state index is 14.2. The van der Waals surface area contributed by atoms with Crippen LogP contribution >= 0.6 is 0 Å². The van der Waals surface area contributed by atoms with E-state index in [0.29, 0.717) is 30.4 Å². The minimum Gasteiger partial charge on any atom is -0.323 e. The van der Waals surface area contributed by atoms with Gasteiger partial charge in [-0.05, 0) is 48.1 Å². The number of nitrogens with one attached hydrogen (secondary N) is 1. The summed E-state index contributed by atoms with van der Waals surface area (Å²) in [6.07, 6.45) is 5.89. The highest BCUT2D eigenvalue weighted by Crippen LogP contribution is 2.46. The van der Waals surface area contributed by atoms with Crippen molar-refractivity contribution >= 4 is 5.69 Å². The first-order chi connectivity index (χ1) is 18.2. The standard InChI is InChI=1S/C28H30F3N7/c1-18-10-11-36(34-18)14-20-12-24(28(29,30)31)25-16-37(19(2)38(25)15-20)23-9-5-8-22(13-23)26(21-6-4-7-21)27-33-32-17-35(27)3/h5,8-9,12-13,15-17,21,26,34H,1-2,4,6-7,10-11,14H2,3H3. The number of hydrogen-bond donors (Lipinski definition) is 1. The zero-order valence-corrected chi connectivity index (χ0v) is 21.2. The molecule has 2 fully saturated rings. The van der Waals surface area contributed by atoms with Crippen LogP contribution in [-0.2, 0) is 7.05 Å². The van der Waals surface area contributed by atoms with Gasteiger partial charge in [0.15, 0.2) is 0 Å². The minimum atomic E-state index is -4.51. The highest BCUT2D eigenvalue weighted by molar-refractivity contribution is 5.64. The van der Waals surface area contributed by atoms with Gasteiger partial charge in [0.05, 0.1) is 11.3 Å². The van der Waals surface area contributed by atoms with E-state index in [-0.39, 0.29) is 11.6 Å². The zero-order valence-electron chi connectivity index (χ0n) is 21.2. The molecule has 0 amide bonds. The zero-order chi connectivity index (χ0) is 26.6. The third-order valence-electron chi connectivity index (χ3n) is 7.80. The molecule has 4 heterocycles. The molecule has 6 rings (SSSR count). The smallest absolute Gasteiger partial charge is 0.323 e. The first-order valence-corrected chi connectivity index (χ1v) is 12.8. The van der Waals surface area contributed by atoms with Gasteiger partial charge >= 0.3 is 6.18 Å². The topological polar surface area (TPSA) is 52.5 Å². The molecule has 0 bridgehead atoms. The van der Waals surface area contributed by atoms with Gasteiger partial charge in [-0.3, -0.25) is 0 Å². The van der Waals surface area contributed by atoms with Crippen LogP contribution in [0.5, 0.6) is 0 Å². The van der Waals surface area contributed by atoms with Crippen LogP contribution in [0.25, 0.3) is 0 Å². The molecular weight excluding hydrogens is 491 g/mol. The van der Waals surface area contributed by atoms with Crippen LogP contribution in [0.4, 0.5) is 18.9 Å².